The Labute approximate surface area is 159 Å². The van der Waals surface area contributed by atoms with Crippen molar-refractivity contribution in [2.75, 3.05) is 26.2 Å². The Morgan fingerprint density at radius 2 is 1.93 bits per heavy atom. The van der Waals surface area contributed by atoms with E-state index in [1.165, 1.54) is 11.7 Å². The average Bonchev–Trinajstić information content (AvgIpc) is 2.92. The second-order valence-electron chi connectivity index (χ2n) is 6.36. The van der Waals surface area contributed by atoms with Crippen molar-refractivity contribution in [2.45, 2.75) is 26.6 Å². The van der Waals surface area contributed by atoms with Crippen molar-refractivity contribution in [3.63, 3.8) is 0 Å². The summed E-state index contributed by atoms with van der Waals surface area (Å²) in [7, 11) is -0.735. The van der Waals surface area contributed by atoms with Crippen molar-refractivity contribution in [3.8, 4) is 6.01 Å². The summed E-state index contributed by atoms with van der Waals surface area (Å²) in [6, 6.07) is 7.79. The molecule has 0 aliphatic carbocycles. The number of imidazole rings is 1. The average molecular weight is 394 g/mol. The minimum absolute atomic E-state index is 0. The molecule has 3 N–H and O–H groups in total. The van der Waals surface area contributed by atoms with Gasteiger partial charge in [0.1, 0.15) is 5.52 Å². The summed E-state index contributed by atoms with van der Waals surface area (Å²) < 4.78 is 18.6. The van der Waals surface area contributed by atoms with Crippen LogP contribution in [-0.4, -0.2) is 40.0 Å². The van der Waals surface area contributed by atoms with E-state index in [1.54, 1.807) is 13.3 Å². The molecule has 8 nitrogen and oxygen atoms in total. The molecule has 0 saturated carbocycles. The van der Waals surface area contributed by atoms with Gasteiger partial charge in [-0.15, -0.1) is 0 Å². The van der Waals surface area contributed by atoms with Gasteiger partial charge in [0.2, 0.25) is 0 Å². The van der Waals surface area contributed by atoms with E-state index in [4.69, 9.17) is 10.5 Å². The van der Waals surface area contributed by atoms with Crippen LogP contribution in [0.15, 0.2) is 29.1 Å². The molecular weight excluding hydrogens is 365 g/mol. The predicted octanol–water partition coefficient (Wildman–Crippen LogP) is 3.15. The summed E-state index contributed by atoms with van der Waals surface area (Å²) >= 11 is 0. The number of hydrogen-bond donors (Lipinski definition) is 2. The van der Waals surface area contributed by atoms with Crippen molar-refractivity contribution in [1.29, 1.82) is 0 Å². The van der Waals surface area contributed by atoms with E-state index < -0.39 is 7.14 Å². The van der Waals surface area contributed by atoms with Gasteiger partial charge in [0, 0.05) is 7.59 Å². The molecule has 0 amide bonds. The number of ether oxygens (including phenoxy) is 1. The van der Waals surface area contributed by atoms with Crippen LogP contribution in [0.4, 0.5) is 5.82 Å². The van der Waals surface area contributed by atoms with Gasteiger partial charge in [-0.1, -0.05) is 38.1 Å². The highest BCUT2D eigenvalue weighted by Crippen LogP contribution is 2.40. The number of aromatic nitrogens is 4. The molecule has 0 atom stereocenters. The number of H-pyrrole nitrogens is 1. The second kappa shape index (κ2) is 8.39. The molecule has 148 valence electrons. The van der Waals surface area contributed by atoms with Crippen LogP contribution >= 0.6 is 7.14 Å². The first-order valence-electron chi connectivity index (χ1n) is 8.68. The van der Waals surface area contributed by atoms with Gasteiger partial charge in [0.05, 0.1) is 20.8 Å². The molecule has 1 aromatic carbocycles. The minimum atomic E-state index is -2.17. The van der Waals surface area contributed by atoms with Gasteiger partial charge in [-0.2, -0.15) is 9.97 Å². The molecule has 3 aromatic rings. The number of nitrogens with zero attached hydrogens (tertiary/aromatic N) is 3. The molecule has 0 spiro atoms. The van der Waals surface area contributed by atoms with Crippen LogP contribution in [0.1, 0.15) is 26.4 Å². The van der Waals surface area contributed by atoms with Crippen LogP contribution < -0.4 is 16.2 Å². The molecule has 0 aliphatic rings. The van der Waals surface area contributed by atoms with Crippen molar-refractivity contribution < 1.29 is 10.7 Å². The smallest absolute Gasteiger partial charge is 0.328 e. The molecule has 0 aliphatic heterocycles. The number of fused-ring (bicyclic) bond motifs is 1. The lowest BCUT2D eigenvalue weighted by Crippen LogP contribution is -2.17. The summed E-state index contributed by atoms with van der Waals surface area (Å²) in [5.74, 6) is 0.157. The molecule has 2 aromatic heterocycles. The lowest BCUT2D eigenvalue weighted by molar-refractivity contribution is 0.382. The lowest BCUT2D eigenvalue weighted by atomic mass is 10.1. The molecule has 0 fully saturated rings. The first kappa shape index (κ1) is 20.7. The second-order valence-corrected chi connectivity index (χ2v) is 9.83. The van der Waals surface area contributed by atoms with Gasteiger partial charge in [-0.25, -0.2) is 4.79 Å². The van der Waals surface area contributed by atoms with Crippen molar-refractivity contribution in [2.24, 2.45) is 0 Å². The summed E-state index contributed by atoms with van der Waals surface area (Å²) in [6.07, 6.45) is 0.520. The normalized spacial score (nSPS) is 11.1. The molecule has 3 rings (SSSR count). The van der Waals surface area contributed by atoms with Gasteiger partial charge in [0.25, 0.3) is 0 Å². The van der Waals surface area contributed by atoms with Crippen molar-refractivity contribution in [1.82, 2.24) is 19.5 Å². The summed E-state index contributed by atoms with van der Waals surface area (Å²) in [5, 5.41) is 0. The van der Waals surface area contributed by atoms with E-state index >= 15 is 0 Å². The fourth-order valence-corrected chi connectivity index (χ4v) is 3.79. The Morgan fingerprint density at radius 1 is 1.26 bits per heavy atom. The summed E-state index contributed by atoms with van der Waals surface area (Å²) in [5.41, 5.74) is 8.18. The van der Waals surface area contributed by atoms with Gasteiger partial charge in [-0.3, -0.25) is 4.57 Å². The Kier molecular flexibility index (Phi) is 6.44. The first-order valence-corrected chi connectivity index (χ1v) is 11.5. The number of hydrogen-bond acceptors (Lipinski definition) is 6. The monoisotopic (exact) mass is 394 g/mol. The van der Waals surface area contributed by atoms with E-state index in [0.717, 1.165) is 11.1 Å². The van der Waals surface area contributed by atoms with Gasteiger partial charge < -0.3 is 20.0 Å². The van der Waals surface area contributed by atoms with Gasteiger partial charge in [0.15, 0.2) is 11.5 Å². The molecule has 2 heterocycles. The molecule has 0 radical (unpaired) electrons. The highest BCUT2D eigenvalue weighted by Gasteiger charge is 2.15. The van der Waals surface area contributed by atoms with Crippen LogP contribution in [0.3, 0.4) is 0 Å². The molecular formula is C18H28N5O3P. The molecule has 27 heavy (non-hydrogen) atoms. The molecule has 0 unspecified atom stereocenters. The highest BCUT2D eigenvalue weighted by molar-refractivity contribution is 7.61. The number of benzene rings is 1. The third-order valence-corrected chi connectivity index (χ3v) is 4.83. The van der Waals surface area contributed by atoms with Crippen LogP contribution in [0, 0.1) is 0 Å². The van der Waals surface area contributed by atoms with Crippen LogP contribution in [0.5, 0.6) is 6.01 Å². The zero-order valence-corrected chi connectivity index (χ0v) is 17.2. The SMILES string of the molecule is CC.COc1nc(N)c2[nH]c(=O)n(Cc3cccc(CP(C)(C)=O)c3)c2n1.[2HH]. The Morgan fingerprint density at radius 3 is 2.56 bits per heavy atom. The number of anilines is 1. The third kappa shape index (κ3) is 4.98. The van der Waals surface area contributed by atoms with Crippen LogP contribution in [-0.2, 0) is 17.3 Å². The van der Waals surface area contributed by atoms with Crippen molar-refractivity contribution in [3.05, 3.63) is 45.9 Å². The molecule has 0 saturated heterocycles. The summed E-state index contributed by atoms with van der Waals surface area (Å²) in [4.78, 5) is 23.2. The quantitative estimate of drug-likeness (QED) is 0.642. The number of rotatable bonds is 5. The predicted molar refractivity (Wildman–Crippen MR) is 111 cm³/mol. The Balaban J connectivity index is 0.00000127. The van der Waals surface area contributed by atoms with E-state index in [2.05, 4.69) is 15.0 Å². The fourth-order valence-electron chi connectivity index (χ4n) is 2.72. The molecule has 0 bridgehead atoms. The van der Waals surface area contributed by atoms with E-state index in [1.807, 2.05) is 38.1 Å². The maximum absolute atomic E-state index is 12.3. The lowest BCUT2D eigenvalue weighted by Gasteiger charge is -2.09. The number of nitrogens with two attached hydrogens (primary N) is 1. The Bertz CT molecular complexity index is 1040. The number of methoxy groups -OCH3 is 1. The number of nitrogen functional groups attached to an aromatic ring is 1. The highest BCUT2D eigenvalue weighted by atomic mass is 31.2. The maximum Gasteiger partial charge on any atom is 0.328 e. The van der Waals surface area contributed by atoms with E-state index in [0.29, 0.717) is 23.9 Å². The summed E-state index contributed by atoms with van der Waals surface area (Å²) in [6.45, 7) is 7.83. The fraction of sp³-hybridized carbons (Fsp3) is 0.389. The zero-order chi connectivity index (χ0) is 20.2. The Hall–Kier alpha value is -2.60. The minimum Gasteiger partial charge on any atom is -0.467 e. The maximum atomic E-state index is 12.3. The largest absolute Gasteiger partial charge is 0.467 e. The standard InChI is InChI=1S/C16H20N5O3P.C2H6.H2/c1-24-15-19-13(17)12-14(20-15)21(16(22)18-12)8-10-5-4-6-11(7-10)9-25(2,3)23;1-2;/h4-7H,8-9H2,1-3H3,(H,18,22)(H2,17,19,20);1-2H3;1H/i;;1+1. The van der Waals surface area contributed by atoms with Gasteiger partial charge in [-0.05, 0) is 24.5 Å². The van der Waals surface area contributed by atoms with Crippen molar-refractivity contribution >= 4 is 24.1 Å². The number of nitrogens with one attached hydrogen (secondary N) is 1. The van der Waals surface area contributed by atoms with E-state index in [9.17, 15) is 9.36 Å². The number of aromatic amines is 1. The molecule has 9 heteroatoms. The van der Waals surface area contributed by atoms with Crippen LogP contribution in [0.25, 0.3) is 11.2 Å². The topological polar surface area (TPSA) is 116 Å². The zero-order valence-electron chi connectivity index (χ0n) is 16.3. The third-order valence-electron chi connectivity index (χ3n) is 3.71. The first-order chi connectivity index (χ1) is 12.8. The van der Waals surface area contributed by atoms with Gasteiger partial charge >= 0.3 is 11.7 Å². The van der Waals surface area contributed by atoms with Crippen LogP contribution in [0.2, 0.25) is 0 Å². The van der Waals surface area contributed by atoms with E-state index in [-0.39, 0.29) is 18.9 Å².